The summed E-state index contributed by atoms with van der Waals surface area (Å²) in [6.45, 7) is 3.91. The molecule has 48 heavy (non-hydrogen) atoms. The van der Waals surface area contributed by atoms with Crippen molar-refractivity contribution in [2.24, 2.45) is 5.92 Å². The second kappa shape index (κ2) is 16.1. The van der Waals surface area contributed by atoms with Gasteiger partial charge in [-0.1, -0.05) is 78.9 Å². The molecule has 6 rings (SSSR count). The zero-order chi connectivity index (χ0) is 33.1. The number of benzene rings is 3. The predicted octanol–water partition coefficient (Wildman–Crippen LogP) is 7.57. The first kappa shape index (κ1) is 32.8. The van der Waals surface area contributed by atoms with E-state index in [9.17, 15) is 9.59 Å². The maximum atomic E-state index is 13.9. The molecule has 1 aliphatic heterocycles. The van der Waals surface area contributed by atoms with Crippen LogP contribution in [0, 0.1) is 5.92 Å². The summed E-state index contributed by atoms with van der Waals surface area (Å²) in [7, 11) is 1.68. The van der Waals surface area contributed by atoms with Gasteiger partial charge in [-0.25, -0.2) is 14.6 Å². The van der Waals surface area contributed by atoms with Crippen molar-refractivity contribution < 1.29 is 19.1 Å². The van der Waals surface area contributed by atoms with Gasteiger partial charge in [-0.3, -0.25) is 4.57 Å². The zero-order valence-electron chi connectivity index (χ0n) is 27.5. The van der Waals surface area contributed by atoms with Gasteiger partial charge in [0.05, 0.1) is 18.6 Å². The van der Waals surface area contributed by atoms with E-state index < -0.39 is 0 Å². The van der Waals surface area contributed by atoms with Gasteiger partial charge >= 0.3 is 12.1 Å². The second-order valence-corrected chi connectivity index (χ2v) is 12.2. The highest BCUT2D eigenvalue weighted by Crippen LogP contribution is 2.29. The number of aromatic nitrogens is 3. The second-order valence-electron chi connectivity index (χ2n) is 12.2. The molecule has 1 fully saturated rings. The number of ether oxygens (including phenoxy) is 2. The van der Waals surface area contributed by atoms with Gasteiger partial charge in [-0.2, -0.15) is 0 Å². The quantitative estimate of drug-likeness (QED) is 0.131. The number of rotatable bonds is 12. The summed E-state index contributed by atoms with van der Waals surface area (Å²) in [5.41, 5.74) is 4.16. The topological polar surface area (TPSA) is 81.8 Å². The lowest BCUT2D eigenvalue weighted by Crippen LogP contribution is -2.40. The minimum Gasteiger partial charge on any atom is -0.445 e. The molecule has 9 nitrogen and oxygen atoms in total. The van der Waals surface area contributed by atoms with Gasteiger partial charge in [-0.15, -0.1) is 0 Å². The van der Waals surface area contributed by atoms with E-state index in [0.29, 0.717) is 38.7 Å². The van der Waals surface area contributed by atoms with Crippen LogP contribution >= 0.6 is 0 Å². The molecule has 0 radical (unpaired) electrons. The summed E-state index contributed by atoms with van der Waals surface area (Å²) in [6, 6.07) is 26.4. The predicted molar refractivity (Wildman–Crippen MR) is 188 cm³/mol. The van der Waals surface area contributed by atoms with Crippen molar-refractivity contribution >= 4 is 29.0 Å². The summed E-state index contributed by atoms with van der Waals surface area (Å²) in [4.78, 5) is 34.7. The Labute approximate surface area is 282 Å². The standard InChI is InChI=1S/C39H43N5O4/c1-47-24-9-20-42(38(45)43-23-19-34(28-43)37-16-7-14-33-13-5-6-15-36(33)37)29-35-26-40-30-44(35)27-32-17-21-41(22-18-32)39(46)48-25-8-12-31-10-3-2-4-11-31/h2-8,10-16,19,23,26,28,30,32H,9,17-18,20-22,24-25,27,29H2,1H3/b12-8+. The third kappa shape index (κ3) is 8.22. The van der Waals surface area contributed by atoms with Crippen LogP contribution in [0.5, 0.6) is 0 Å². The highest BCUT2D eigenvalue weighted by molar-refractivity contribution is 5.97. The first-order chi connectivity index (χ1) is 23.6. The lowest BCUT2D eigenvalue weighted by atomic mass is 9.97. The monoisotopic (exact) mass is 645 g/mol. The van der Waals surface area contributed by atoms with Crippen LogP contribution in [0.4, 0.5) is 9.59 Å². The zero-order valence-corrected chi connectivity index (χ0v) is 27.5. The molecule has 0 spiro atoms. The molecule has 3 heterocycles. The summed E-state index contributed by atoms with van der Waals surface area (Å²) < 4.78 is 14.6. The maximum absolute atomic E-state index is 13.9. The van der Waals surface area contributed by atoms with Gasteiger partial charge in [-0.05, 0) is 59.2 Å². The van der Waals surface area contributed by atoms with Crippen LogP contribution in [-0.2, 0) is 22.6 Å². The molecule has 1 aliphatic rings. The third-order valence-corrected chi connectivity index (χ3v) is 8.95. The van der Waals surface area contributed by atoms with Crippen molar-refractivity contribution in [2.75, 3.05) is 40.0 Å². The van der Waals surface area contributed by atoms with Gasteiger partial charge in [0, 0.05) is 64.0 Å². The number of carbonyl (C=O) groups is 2. The Balaban J connectivity index is 1.05. The molecule has 9 heteroatoms. The minimum absolute atomic E-state index is 0.0872. The number of methoxy groups -OCH3 is 1. The summed E-state index contributed by atoms with van der Waals surface area (Å²) >= 11 is 0. The van der Waals surface area contributed by atoms with Crippen molar-refractivity contribution in [1.29, 1.82) is 0 Å². The molecule has 2 amide bonds. The number of nitrogens with zero attached hydrogens (tertiary/aromatic N) is 5. The molecule has 0 bridgehead atoms. The molecule has 2 aromatic heterocycles. The van der Waals surface area contributed by atoms with E-state index >= 15 is 0 Å². The molecule has 248 valence electrons. The summed E-state index contributed by atoms with van der Waals surface area (Å²) in [6.07, 6.45) is 13.5. The van der Waals surface area contributed by atoms with E-state index in [1.165, 1.54) is 5.39 Å². The fourth-order valence-corrected chi connectivity index (χ4v) is 6.33. The molecule has 5 aromatic rings. The van der Waals surface area contributed by atoms with Gasteiger partial charge in [0.2, 0.25) is 0 Å². The van der Waals surface area contributed by atoms with Crippen LogP contribution in [0.3, 0.4) is 0 Å². The van der Waals surface area contributed by atoms with Crippen molar-refractivity contribution in [2.45, 2.75) is 32.4 Å². The van der Waals surface area contributed by atoms with Gasteiger partial charge < -0.3 is 23.8 Å². The van der Waals surface area contributed by atoms with E-state index in [1.54, 1.807) is 16.6 Å². The number of carbonyl (C=O) groups excluding carboxylic acids is 2. The van der Waals surface area contributed by atoms with E-state index in [-0.39, 0.29) is 18.7 Å². The third-order valence-electron chi connectivity index (χ3n) is 8.95. The number of amides is 2. The Hall–Kier alpha value is -5.15. The van der Waals surface area contributed by atoms with Crippen LogP contribution in [-0.4, -0.2) is 76.0 Å². The van der Waals surface area contributed by atoms with Crippen molar-refractivity contribution in [1.82, 2.24) is 23.9 Å². The van der Waals surface area contributed by atoms with Gasteiger partial charge in [0.25, 0.3) is 0 Å². The molecule has 3 aromatic carbocycles. The lowest BCUT2D eigenvalue weighted by Gasteiger charge is -2.32. The maximum Gasteiger partial charge on any atom is 0.410 e. The molecule has 0 unspecified atom stereocenters. The van der Waals surface area contributed by atoms with Crippen molar-refractivity contribution in [3.63, 3.8) is 0 Å². The van der Waals surface area contributed by atoms with Crippen LogP contribution in [0.15, 0.2) is 110 Å². The Bertz CT molecular complexity index is 1810. The van der Waals surface area contributed by atoms with Gasteiger partial charge in [0.15, 0.2) is 0 Å². The SMILES string of the molecule is COCCCN(Cc1cncn1CC1CCN(C(=O)OC/C=C/c2ccccc2)CC1)C(=O)n1ccc(-c2cccc3ccccc23)c1. The summed E-state index contributed by atoms with van der Waals surface area (Å²) in [5.74, 6) is 0.394. The molecule has 1 saturated heterocycles. The average Bonchev–Trinajstić information content (AvgIpc) is 3.80. The first-order valence-corrected chi connectivity index (χ1v) is 16.7. The van der Waals surface area contributed by atoms with Gasteiger partial charge in [0.1, 0.15) is 6.61 Å². The van der Waals surface area contributed by atoms with E-state index in [2.05, 4.69) is 39.9 Å². The van der Waals surface area contributed by atoms with Crippen LogP contribution in [0.2, 0.25) is 0 Å². The van der Waals surface area contributed by atoms with Crippen LogP contribution in [0.25, 0.3) is 28.0 Å². The Kier molecular flexibility index (Phi) is 11.0. The average molecular weight is 646 g/mol. The largest absolute Gasteiger partial charge is 0.445 e. The molecule has 0 atom stereocenters. The number of imidazole rings is 1. The highest BCUT2D eigenvalue weighted by atomic mass is 16.6. The summed E-state index contributed by atoms with van der Waals surface area (Å²) in [5, 5.41) is 2.32. The smallest absolute Gasteiger partial charge is 0.410 e. The van der Waals surface area contributed by atoms with E-state index in [4.69, 9.17) is 9.47 Å². The minimum atomic E-state index is -0.270. The normalized spacial score (nSPS) is 13.7. The Morgan fingerprint density at radius 2 is 1.77 bits per heavy atom. The Morgan fingerprint density at radius 1 is 0.979 bits per heavy atom. The van der Waals surface area contributed by atoms with E-state index in [1.807, 2.05) is 90.5 Å². The molecular formula is C39H43N5O4. The number of hydrogen-bond acceptors (Lipinski definition) is 5. The number of likely N-dealkylation sites (tertiary alicyclic amines) is 1. The molecule has 0 aliphatic carbocycles. The fourth-order valence-electron chi connectivity index (χ4n) is 6.33. The lowest BCUT2D eigenvalue weighted by molar-refractivity contribution is 0.0942. The van der Waals surface area contributed by atoms with Crippen LogP contribution < -0.4 is 0 Å². The molecule has 0 N–H and O–H groups in total. The Morgan fingerprint density at radius 3 is 2.60 bits per heavy atom. The highest BCUT2D eigenvalue weighted by Gasteiger charge is 2.25. The number of piperidine rings is 1. The number of fused-ring (bicyclic) bond motifs is 1. The van der Waals surface area contributed by atoms with Crippen molar-refractivity contribution in [3.8, 4) is 11.1 Å². The van der Waals surface area contributed by atoms with E-state index in [0.717, 1.165) is 53.6 Å². The molecular weight excluding hydrogens is 602 g/mol. The van der Waals surface area contributed by atoms with Crippen molar-refractivity contribution in [3.05, 3.63) is 121 Å². The fraction of sp³-hybridized carbons (Fsp3) is 0.308. The number of hydrogen-bond donors (Lipinski definition) is 0. The molecule has 0 saturated carbocycles. The first-order valence-electron chi connectivity index (χ1n) is 16.7. The van der Waals surface area contributed by atoms with Crippen LogP contribution in [0.1, 0.15) is 30.5 Å².